The lowest BCUT2D eigenvalue weighted by Gasteiger charge is -2.35. The summed E-state index contributed by atoms with van der Waals surface area (Å²) in [5.74, 6) is 1.50. The molecule has 0 aliphatic carbocycles. The number of fused-ring (bicyclic) bond motifs is 1. The second-order valence-electron chi connectivity index (χ2n) is 9.52. The molecule has 0 bridgehead atoms. The Hall–Kier alpha value is -3.68. The average Bonchev–Trinajstić information content (AvgIpc) is 3.58. The van der Waals surface area contributed by atoms with Gasteiger partial charge in [-0.3, -0.25) is 14.6 Å². The highest BCUT2D eigenvalue weighted by molar-refractivity contribution is 6.03. The molecule has 6 rings (SSSR count). The molecule has 0 aromatic heterocycles. The molecule has 0 radical (unpaired) electrons. The first kappa shape index (κ1) is 22.8. The number of piperazine rings is 1. The minimum absolute atomic E-state index is 0.0279. The van der Waals surface area contributed by atoms with Crippen molar-refractivity contribution in [3.8, 4) is 11.5 Å². The highest BCUT2D eigenvalue weighted by Gasteiger charge is 2.35. The smallest absolute Gasteiger partial charge is 0.257 e. The van der Waals surface area contributed by atoms with Gasteiger partial charge in [0.05, 0.1) is 18.3 Å². The van der Waals surface area contributed by atoms with E-state index in [1.54, 1.807) is 5.01 Å². The van der Waals surface area contributed by atoms with E-state index >= 15 is 0 Å². The van der Waals surface area contributed by atoms with Gasteiger partial charge >= 0.3 is 0 Å². The molecule has 1 saturated heterocycles. The SMILES string of the molecule is O=C(CN1CCN(Cc2ccccc2)CC1)N1N=C(c2ccccc2)CC1c1ccc2c(c1)OCO2. The van der Waals surface area contributed by atoms with E-state index in [0.29, 0.717) is 13.0 Å². The number of carbonyl (C=O) groups excluding carboxylic acids is 1. The van der Waals surface area contributed by atoms with Crippen LogP contribution in [0.2, 0.25) is 0 Å². The molecule has 3 aromatic carbocycles. The van der Waals surface area contributed by atoms with Gasteiger partial charge in [-0.25, -0.2) is 5.01 Å². The Morgan fingerprint density at radius 1 is 0.833 bits per heavy atom. The number of nitrogens with zero attached hydrogens (tertiary/aromatic N) is 4. The van der Waals surface area contributed by atoms with Crippen molar-refractivity contribution < 1.29 is 14.3 Å². The predicted molar refractivity (Wildman–Crippen MR) is 138 cm³/mol. The third kappa shape index (κ3) is 4.85. The van der Waals surface area contributed by atoms with Crippen molar-refractivity contribution in [1.82, 2.24) is 14.8 Å². The Bertz CT molecular complexity index is 1240. The summed E-state index contributed by atoms with van der Waals surface area (Å²) in [6.07, 6.45) is 0.667. The molecule has 7 heteroatoms. The Morgan fingerprint density at radius 3 is 2.31 bits per heavy atom. The Balaban J connectivity index is 1.15. The van der Waals surface area contributed by atoms with E-state index in [9.17, 15) is 4.79 Å². The minimum atomic E-state index is -0.165. The summed E-state index contributed by atoms with van der Waals surface area (Å²) in [4.78, 5) is 18.3. The van der Waals surface area contributed by atoms with Crippen LogP contribution in [0, 0.1) is 0 Å². The number of benzene rings is 3. The summed E-state index contributed by atoms with van der Waals surface area (Å²) < 4.78 is 11.1. The molecule has 3 aliphatic rings. The van der Waals surface area contributed by atoms with Crippen LogP contribution in [0.25, 0.3) is 0 Å². The number of carbonyl (C=O) groups is 1. The van der Waals surface area contributed by atoms with Crippen LogP contribution in [0.5, 0.6) is 11.5 Å². The fraction of sp³-hybridized carbons (Fsp3) is 0.310. The summed E-state index contributed by atoms with van der Waals surface area (Å²) in [5.41, 5.74) is 4.32. The van der Waals surface area contributed by atoms with Gasteiger partial charge in [0.25, 0.3) is 5.91 Å². The third-order valence-corrected chi connectivity index (χ3v) is 7.13. The topological polar surface area (TPSA) is 57.6 Å². The molecule has 3 heterocycles. The van der Waals surface area contributed by atoms with Crippen LogP contribution in [-0.4, -0.2) is 65.9 Å². The van der Waals surface area contributed by atoms with E-state index in [1.807, 2.05) is 42.5 Å². The number of amides is 1. The maximum absolute atomic E-state index is 13.6. The number of ether oxygens (including phenoxy) is 2. The van der Waals surface area contributed by atoms with Crippen molar-refractivity contribution in [2.24, 2.45) is 5.10 Å². The monoisotopic (exact) mass is 482 g/mol. The molecule has 0 N–H and O–H groups in total. The van der Waals surface area contributed by atoms with Gasteiger partial charge in [0.2, 0.25) is 6.79 Å². The lowest BCUT2D eigenvalue weighted by molar-refractivity contribution is -0.134. The second kappa shape index (κ2) is 10.1. The van der Waals surface area contributed by atoms with Crippen LogP contribution < -0.4 is 9.47 Å². The average molecular weight is 483 g/mol. The molecule has 3 aromatic rings. The van der Waals surface area contributed by atoms with Crippen LogP contribution >= 0.6 is 0 Å². The Labute approximate surface area is 211 Å². The highest BCUT2D eigenvalue weighted by Crippen LogP contribution is 2.39. The molecule has 0 spiro atoms. The fourth-order valence-corrected chi connectivity index (χ4v) is 5.14. The second-order valence-corrected chi connectivity index (χ2v) is 9.52. The zero-order valence-electron chi connectivity index (χ0n) is 20.3. The van der Waals surface area contributed by atoms with Gasteiger partial charge < -0.3 is 9.47 Å². The standard InChI is InChI=1S/C29H30N4O3/c34-29(20-32-15-13-31(14-16-32)19-22-7-3-1-4-8-22)33-26(18-25(30-33)23-9-5-2-6-10-23)24-11-12-27-28(17-24)36-21-35-27/h1-12,17,26H,13-16,18-21H2. The summed E-state index contributed by atoms with van der Waals surface area (Å²) in [5, 5.41) is 6.53. The van der Waals surface area contributed by atoms with Crippen molar-refractivity contribution in [2.75, 3.05) is 39.5 Å². The summed E-state index contributed by atoms with van der Waals surface area (Å²) >= 11 is 0. The van der Waals surface area contributed by atoms with E-state index < -0.39 is 0 Å². The maximum Gasteiger partial charge on any atom is 0.257 e. The number of hydrogen-bond acceptors (Lipinski definition) is 6. The summed E-state index contributed by atoms with van der Waals surface area (Å²) in [6.45, 7) is 5.19. The molecule has 1 amide bonds. The molecule has 7 nitrogen and oxygen atoms in total. The third-order valence-electron chi connectivity index (χ3n) is 7.13. The highest BCUT2D eigenvalue weighted by atomic mass is 16.7. The van der Waals surface area contributed by atoms with E-state index in [1.165, 1.54) is 5.56 Å². The van der Waals surface area contributed by atoms with Crippen molar-refractivity contribution in [2.45, 2.75) is 19.0 Å². The first-order valence-electron chi connectivity index (χ1n) is 12.6. The molecule has 1 atom stereocenters. The predicted octanol–water partition coefficient (Wildman–Crippen LogP) is 3.91. The molecule has 3 aliphatic heterocycles. The van der Waals surface area contributed by atoms with Gasteiger partial charge in [-0.15, -0.1) is 0 Å². The summed E-state index contributed by atoms with van der Waals surface area (Å²) in [7, 11) is 0. The number of rotatable bonds is 6. The largest absolute Gasteiger partial charge is 0.454 e. The van der Waals surface area contributed by atoms with Gasteiger partial charge in [0, 0.05) is 39.1 Å². The molecule has 1 unspecified atom stereocenters. The fourth-order valence-electron chi connectivity index (χ4n) is 5.14. The number of hydrogen-bond donors (Lipinski definition) is 0. The molecule has 0 saturated carbocycles. The zero-order valence-corrected chi connectivity index (χ0v) is 20.3. The molecule has 36 heavy (non-hydrogen) atoms. The Kier molecular flexibility index (Phi) is 6.40. The molecule has 184 valence electrons. The van der Waals surface area contributed by atoms with E-state index in [2.05, 4.69) is 46.2 Å². The maximum atomic E-state index is 13.6. The van der Waals surface area contributed by atoms with E-state index in [0.717, 1.165) is 61.1 Å². The normalized spacial score (nSPS) is 19.9. The van der Waals surface area contributed by atoms with Crippen LogP contribution in [0.1, 0.15) is 29.2 Å². The number of hydrazone groups is 1. The van der Waals surface area contributed by atoms with Gasteiger partial charge in [-0.05, 0) is 28.8 Å². The Morgan fingerprint density at radius 2 is 1.53 bits per heavy atom. The van der Waals surface area contributed by atoms with Crippen LogP contribution in [0.3, 0.4) is 0 Å². The van der Waals surface area contributed by atoms with E-state index in [4.69, 9.17) is 14.6 Å². The first-order valence-corrected chi connectivity index (χ1v) is 12.6. The molecular formula is C29H30N4O3. The van der Waals surface area contributed by atoms with Crippen LogP contribution in [-0.2, 0) is 11.3 Å². The van der Waals surface area contributed by atoms with Gasteiger partial charge in [-0.1, -0.05) is 66.7 Å². The van der Waals surface area contributed by atoms with Crippen molar-refractivity contribution >= 4 is 11.6 Å². The van der Waals surface area contributed by atoms with Crippen LogP contribution in [0.4, 0.5) is 0 Å². The lowest BCUT2D eigenvalue weighted by Crippen LogP contribution is -2.49. The van der Waals surface area contributed by atoms with Crippen molar-refractivity contribution in [1.29, 1.82) is 0 Å². The molecular weight excluding hydrogens is 452 g/mol. The van der Waals surface area contributed by atoms with Gasteiger partial charge in [0.1, 0.15) is 0 Å². The van der Waals surface area contributed by atoms with Gasteiger partial charge in [0.15, 0.2) is 11.5 Å². The minimum Gasteiger partial charge on any atom is -0.454 e. The first-order chi connectivity index (χ1) is 17.7. The summed E-state index contributed by atoms with van der Waals surface area (Å²) in [6, 6.07) is 26.4. The van der Waals surface area contributed by atoms with Crippen molar-refractivity contribution in [3.63, 3.8) is 0 Å². The van der Waals surface area contributed by atoms with Gasteiger partial charge in [-0.2, -0.15) is 5.10 Å². The van der Waals surface area contributed by atoms with E-state index in [-0.39, 0.29) is 18.7 Å². The van der Waals surface area contributed by atoms with Crippen molar-refractivity contribution in [3.05, 3.63) is 95.6 Å². The quantitative estimate of drug-likeness (QED) is 0.533. The zero-order chi connectivity index (χ0) is 24.3. The lowest BCUT2D eigenvalue weighted by atomic mass is 9.98. The van der Waals surface area contributed by atoms with Crippen LogP contribution in [0.15, 0.2) is 84.0 Å². The molecule has 1 fully saturated rings.